The molecular formula is C21H27ClN4O. The normalized spacial score (nSPS) is 23.6. The number of nitrogens with one attached hydrogen (secondary N) is 2. The van der Waals surface area contributed by atoms with E-state index in [2.05, 4.69) is 26.6 Å². The number of carbonyl (C=O) groups is 1. The molecule has 2 aliphatic heterocycles. The van der Waals surface area contributed by atoms with Crippen LogP contribution in [0.25, 0.3) is 10.9 Å². The molecular weight excluding hydrogens is 360 g/mol. The average Bonchev–Trinajstić information content (AvgIpc) is 3.24. The second-order valence-electron chi connectivity index (χ2n) is 7.74. The summed E-state index contributed by atoms with van der Waals surface area (Å²) in [6, 6.07) is 8.03. The first kappa shape index (κ1) is 18.7. The molecule has 3 heterocycles. The Kier molecular flexibility index (Phi) is 5.91. The molecule has 1 aromatic heterocycles. The standard InChI is InChI=1S/C21H27ClN4O/c22-18-8-7-16(20-17(18)5-1-10-24-20)14-26-11-3-4-15(13-26)12-25-21(27)19-6-2-9-23-19/h1,5,7-8,10,15,19,23H,2-4,6,9,11-14H2,(H,25,27). The van der Waals surface area contributed by atoms with E-state index in [-0.39, 0.29) is 11.9 Å². The van der Waals surface area contributed by atoms with Crippen molar-refractivity contribution < 1.29 is 4.79 Å². The topological polar surface area (TPSA) is 57.3 Å². The highest BCUT2D eigenvalue weighted by Gasteiger charge is 2.25. The van der Waals surface area contributed by atoms with Crippen LogP contribution >= 0.6 is 11.6 Å². The Morgan fingerprint density at radius 2 is 2.22 bits per heavy atom. The smallest absolute Gasteiger partial charge is 0.237 e. The molecule has 2 N–H and O–H groups in total. The first-order valence-electron chi connectivity index (χ1n) is 9.96. The molecule has 2 fully saturated rings. The molecule has 2 aliphatic rings. The van der Waals surface area contributed by atoms with Gasteiger partial charge < -0.3 is 10.6 Å². The molecule has 2 aromatic rings. The minimum atomic E-state index is 0.0104. The van der Waals surface area contributed by atoms with E-state index in [0.717, 1.165) is 61.5 Å². The number of amides is 1. The number of carbonyl (C=O) groups excluding carboxylic acids is 1. The zero-order valence-corrected chi connectivity index (χ0v) is 16.3. The Hall–Kier alpha value is -1.69. The van der Waals surface area contributed by atoms with E-state index < -0.39 is 0 Å². The fourth-order valence-electron chi connectivity index (χ4n) is 4.30. The van der Waals surface area contributed by atoms with Gasteiger partial charge in [-0.15, -0.1) is 0 Å². The lowest BCUT2D eigenvalue weighted by Crippen LogP contribution is -2.45. The van der Waals surface area contributed by atoms with Crippen molar-refractivity contribution in [3.8, 4) is 0 Å². The third-order valence-corrected chi connectivity index (χ3v) is 6.07. The molecule has 144 valence electrons. The lowest BCUT2D eigenvalue weighted by molar-refractivity contribution is -0.123. The van der Waals surface area contributed by atoms with Gasteiger partial charge in [0.1, 0.15) is 0 Å². The fourth-order valence-corrected chi connectivity index (χ4v) is 4.52. The lowest BCUT2D eigenvalue weighted by atomic mass is 9.97. The van der Waals surface area contributed by atoms with E-state index >= 15 is 0 Å². The van der Waals surface area contributed by atoms with Gasteiger partial charge in [0.25, 0.3) is 0 Å². The van der Waals surface area contributed by atoms with Gasteiger partial charge in [-0.3, -0.25) is 14.7 Å². The Labute approximate surface area is 165 Å². The Bertz CT molecular complexity index is 806. The number of hydrogen-bond acceptors (Lipinski definition) is 4. The van der Waals surface area contributed by atoms with E-state index in [0.29, 0.717) is 5.92 Å². The number of benzene rings is 1. The number of likely N-dealkylation sites (tertiary alicyclic amines) is 1. The van der Waals surface area contributed by atoms with Gasteiger partial charge in [0.2, 0.25) is 5.91 Å². The number of nitrogens with zero attached hydrogens (tertiary/aromatic N) is 2. The van der Waals surface area contributed by atoms with Crippen molar-refractivity contribution in [2.24, 2.45) is 5.92 Å². The van der Waals surface area contributed by atoms with Crippen LogP contribution in [-0.2, 0) is 11.3 Å². The monoisotopic (exact) mass is 386 g/mol. The van der Waals surface area contributed by atoms with Crippen molar-refractivity contribution in [3.05, 3.63) is 41.0 Å². The number of aromatic nitrogens is 1. The first-order chi connectivity index (χ1) is 13.2. The van der Waals surface area contributed by atoms with Crippen LogP contribution in [0, 0.1) is 5.92 Å². The van der Waals surface area contributed by atoms with Gasteiger partial charge in [-0.1, -0.05) is 17.7 Å². The summed E-state index contributed by atoms with van der Waals surface area (Å²) < 4.78 is 0. The summed E-state index contributed by atoms with van der Waals surface area (Å²) in [7, 11) is 0. The third kappa shape index (κ3) is 4.42. The molecule has 0 aliphatic carbocycles. The predicted molar refractivity (Wildman–Crippen MR) is 109 cm³/mol. The van der Waals surface area contributed by atoms with Crippen molar-refractivity contribution >= 4 is 28.4 Å². The van der Waals surface area contributed by atoms with Gasteiger partial charge in [0.05, 0.1) is 11.6 Å². The number of halogens is 1. The highest BCUT2D eigenvalue weighted by molar-refractivity contribution is 6.35. The van der Waals surface area contributed by atoms with Gasteiger partial charge in [-0.05, 0) is 68.5 Å². The maximum atomic E-state index is 12.2. The molecule has 0 saturated carbocycles. The van der Waals surface area contributed by atoms with Crippen molar-refractivity contribution in [2.75, 3.05) is 26.2 Å². The Balaban J connectivity index is 1.36. The van der Waals surface area contributed by atoms with Gasteiger partial charge >= 0.3 is 0 Å². The van der Waals surface area contributed by atoms with Crippen molar-refractivity contribution in [2.45, 2.75) is 38.3 Å². The maximum Gasteiger partial charge on any atom is 0.237 e. The van der Waals surface area contributed by atoms with Crippen molar-refractivity contribution in [1.29, 1.82) is 0 Å². The summed E-state index contributed by atoms with van der Waals surface area (Å²) in [5, 5.41) is 8.19. The SMILES string of the molecule is O=C(NCC1CCCN(Cc2ccc(Cl)c3cccnc23)C1)C1CCCN1. The molecule has 27 heavy (non-hydrogen) atoms. The van der Waals surface area contributed by atoms with E-state index in [1.54, 1.807) is 0 Å². The molecule has 2 saturated heterocycles. The van der Waals surface area contributed by atoms with Crippen molar-refractivity contribution in [1.82, 2.24) is 20.5 Å². The zero-order valence-electron chi connectivity index (χ0n) is 15.6. The van der Waals surface area contributed by atoms with Crippen molar-refractivity contribution in [3.63, 3.8) is 0 Å². The van der Waals surface area contributed by atoms with Crippen LogP contribution in [0.15, 0.2) is 30.5 Å². The first-order valence-corrected chi connectivity index (χ1v) is 10.3. The second kappa shape index (κ2) is 8.55. The number of hydrogen-bond donors (Lipinski definition) is 2. The van der Waals surface area contributed by atoms with Crippen LogP contribution in [0.4, 0.5) is 0 Å². The highest BCUT2D eigenvalue weighted by Crippen LogP contribution is 2.27. The minimum Gasteiger partial charge on any atom is -0.354 e. The molecule has 2 unspecified atom stereocenters. The van der Waals surface area contributed by atoms with Crippen LogP contribution in [0.3, 0.4) is 0 Å². The summed E-state index contributed by atoms with van der Waals surface area (Å²) in [5.41, 5.74) is 2.21. The molecule has 6 heteroatoms. The van der Waals surface area contributed by atoms with E-state index in [4.69, 9.17) is 11.6 Å². The van der Waals surface area contributed by atoms with Gasteiger partial charge in [-0.25, -0.2) is 0 Å². The third-order valence-electron chi connectivity index (χ3n) is 5.74. The maximum absolute atomic E-state index is 12.2. The Morgan fingerprint density at radius 3 is 3.07 bits per heavy atom. The molecule has 1 amide bonds. The summed E-state index contributed by atoms with van der Waals surface area (Å²) in [6.45, 7) is 4.70. The van der Waals surface area contributed by atoms with E-state index in [1.165, 1.54) is 18.4 Å². The molecule has 4 rings (SSSR count). The molecule has 2 atom stereocenters. The van der Waals surface area contributed by atoms with Crippen LogP contribution in [0.2, 0.25) is 5.02 Å². The summed E-state index contributed by atoms with van der Waals surface area (Å²) in [4.78, 5) is 19.3. The number of rotatable bonds is 5. The summed E-state index contributed by atoms with van der Waals surface area (Å²) in [6.07, 6.45) is 6.22. The summed E-state index contributed by atoms with van der Waals surface area (Å²) in [5.74, 6) is 0.674. The number of fused-ring (bicyclic) bond motifs is 1. The fraction of sp³-hybridized carbons (Fsp3) is 0.524. The van der Waals surface area contributed by atoms with Crippen LogP contribution in [-0.4, -0.2) is 48.0 Å². The minimum absolute atomic E-state index is 0.0104. The average molecular weight is 387 g/mol. The molecule has 0 bridgehead atoms. The molecule has 5 nitrogen and oxygen atoms in total. The van der Waals surface area contributed by atoms with Gasteiger partial charge in [-0.2, -0.15) is 0 Å². The zero-order chi connectivity index (χ0) is 18.6. The van der Waals surface area contributed by atoms with Crippen LogP contribution in [0.1, 0.15) is 31.2 Å². The predicted octanol–water partition coefficient (Wildman–Crippen LogP) is 2.97. The quantitative estimate of drug-likeness (QED) is 0.829. The van der Waals surface area contributed by atoms with E-state index in [9.17, 15) is 4.79 Å². The number of piperidine rings is 1. The highest BCUT2D eigenvalue weighted by atomic mass is 35.5. The van der Waals surface area contributed by atoms with Crippen LogP contribution < -0.4 is 10.6 Å². The summed E-state index contributed by atoms with van der Waals surface area (Å²) >= 11 is 6.32. The lowest BCUT2D eigenvalue weighted by Gasteiger charge is -2.33. The molecule has 0 radical (unpaired) electrons. The molecule has 0 spiro atoms. The van der Waals surface area contributed by atoms with Crippen LogP contribution in [0.5, 0.6) is 0 Å². The van der Waals surface area contributed by atoms with Gasteiger partial charge in [0, 0.05) is 36.2 Å². The largest absolute Gasteiger partial charge is 0.354 e. The second-order valence-corrected chi connectivity index (χ2v) is 8.15. The van der Waals surface area contributed by atoms with E-state index in [1.807, 2.05) is 24.4 Å². The number of pyridine rings is 1. The van der Waals surface area contributed by atoms with Gasteiger partial charge in [0.15, 0.2) is 0 Å². The molecule has 1 aromatic carbocycles. The Morgan fingerprint density at radius 1 is 1.30 bits per heavy atom.